The van der Waals surface area contributed by atoms with Gasteiger partial charge in [-0.25, -0.2) is 0 Å². The lowest BCUT2D eigenvalue weighted by Gasteiger charge is -2.64. The third-order valence-corrected chi connectivity index (χ3v) is 17.3. The summed E-state index contributed by atoms with van der Waals surface area (Å²) >= 11 is 0. The van der Waals surface area contributed by atoms with Crippen molar-refractivity contribution >= 4 is 5.91 Å². The highest BCUT2D eigenvalue weighted by molar-refractivity contribution is 5.76. The Morgan fingerprint density at radius 3 is 2.40 bits per heavy atom. The smallest absolute Gasteiger partial charge is 0.223 e. The van der Waals surface area contributed by atoms with Gasteiger partial charge in [0.05, 0.1) is 43.2 Å². The number of amides is 1. The highest BCUT2D eigenvalue weighted by Crippen LogP contribution is 2.89. The summed E-state index contributed by atoms with van der Waals surface area (Å²) in [5.74, 6) is 2.15. The summed E-state index contributed by atoms with van der Waals surface area (Å²) in [6.45, 7) is 18.5. The van der Waals surface area contributed by atoms with E-state index in [0.29, 0.717) is 50.3 Å². The zero-order valence-corrected chi connectivity index (χ0v) is 32.0. The van der Waals surface area contributed by atoms with Crippen molar-refractivity contribution in [3.05, 3.63) is 0 Å². The lowest BCUT2D eigenvalue weighted by atomic mass is 9.41. The van der Waals surface area contributed by atoms with Crippen molar-refractivity contribution in [2.75, 3.05) is 32.9 Å². The fourth-order valence-electron chi connectivity index (χ4n) is 14.7. The van der Waals surface area contributed by atoms with Crippen molar-refractivity contribution in [2.45, 2.75) is 162 Å². The summed E-state index contributed by atoms with van der Waals surface area (Å²) in [5, 5.41) is 34.2. The second-order valence-electron chi connectivity index (χ2n) is 20.2. The lowest BCUT2D eigenvalue weighted by molar-refractivity contribution is -0.248. The molecule has 9 nitrogen and oxygen atoms in total. The number of aliphatic hydroxyl groups excluding tert-OH is 2. The van der Waals surface area contributed by atoms with E-state index in [1.54, 1.807) is 13.8 Å². The fourth-order valence-corrected chi connectivity index (χ4v) is 14.7. The largest absolute Gasteiger partial charge is 0.390 e. The van der Waals surface area contributed by atoms with Crippen LogP contribution in [-0.4, -0.2) is 101 Å². The molecule has 3 saturated heterocycles. The molecule has 9 heteroatoms. The van der Waals surface area contributed by atoms with E-state index in [0.717, 1.165) is 58.2 Å². The van der Waals surface area contributed by atoms with Gasteiger partial charge in [-0.1, -0.05) is 34.6 Å². The molecule has 2 spiro atoms. The van der Waals surface area contributed by atoms with E-state index in [1.807, 2.05) is 4.90 Å². The quantitative estimate of drug-likeness (QED) is 0.341. The summed E-state index contributed by atoms with van der Waals surface area (Å²) in [6, 6.07) is 0. The molecule has 8 aliphatic rings. The Labute approximate surface area is 300 Å². The maximum atomic E-state index is 13.3. The Kier molecular flexibility index (Phi) is 8.75. The minimum absolute atomic E-state index is 0.0213. The number of aliphatic hydroxyl groups is 3. The Morgan fingerprint density at radius 2 is 1.68 bits per heavy atom. The minimum atomic E-state index is -1.26. The lowest BCUT2D eigenvalue weighted by Crippen LogP contribution is -2.60. The van der Waals surface area contributed by atoms with Crippen LogP contribution in [0.25, 0.3) is 0 Å². The average Bonchev–Trinajstić information content (AvgIpc) is 3.70. The van der Waals surface area contributed by atoms with Crippen LogP contribution >= 0.6 is 0 Å². The van der Waals surface area contributed by atoms with Gasteiger partial charge in [-0.15, -0.1) is 0 Å². The monoisotopic (exact) mass is 701 g/mol. The SMILES string of the molecule is C[C@@H]1CC([C@H](O)C(C)(C)O)OC2C1[C@@]1(C)CCC34C[C@@]35CC[C@H](OC3CN(C(=O)CC6CCOCC6)CCO3)C(C)(C)[C@@H]5CC[C@H]4[C@]1(C)[C@H]2O. The van der Waals surface area contributed by atoms with E-state index in [1.165, 1.54) is 12.8 Å². The van der Waals surface area contributed by atoms with Crippen LogP contribution in [0.2, 0.25) is 0 Å². The molecule has 3 heterocycles. The zero-order valence-electron chi connectivity index (χ0n) is 32.0. The molecule has 5 aliphatic carbocycles. The molecule has 8 fully saturated rings. The van der Waals surface area contributed by atoms with Gasteiger partial charge in [0.2, 0.25) is 5.91 Å². The molecule has 0 aromatic carbocycles. The van der Waals surface area contributed by atoms with E-state index in [-0.39, 0.29) is 63.3 Å². The van der Waals surface area contributed by atoms with E-state index in [4.69, 9.17) is 18.9 Å². The fraction of sp³-hybridized carbons (Fsp3) is 0.976. The summed E-state index contributed by atoms with van der Waals surface area (Å²) in [6.07, 6.45) is 8.56. The van der Waals surface area contributed by atoms with Crippen LogP contribution in [0.3, 0.4) is 0 Å². The molecule has 0 aromatic heterocycles. The van der Waals surface area contributed by atoms with Gasteiger partial charge in [0.25, 0.3) is 0 Å². The first-order chi connectivity index (χ1) is 23.5. The Hall–Kier alpha value is -0.810. The van der Waals surface area contributed by atoms with Crippen LogP contribution in [0.4, 0.5) is 0 Å². The van der Waals surface area contributed by atoms with Crippen molar-refractivity contribution in [3.63, 3.8) is 0 Å². The van der Waals surface area contributed by atoms with Crippen LogP contribution in [0.15, 0.2) is 0 Å². The molecular formula is C41H67NO8. The minimum Gasteiger partial charge on any atom is -0.390 e. The predicted molar refractivity (Wildman–Crippen MR) is 188 cm³/mol. The van der Waals surface area contributed by atoms with E-state index < -0.39 is 23.9 Å². The van der Waals surface area contributed by atoms with Gasteiger partial charge in [-0.05, 0) is 129 Å². The van der Waals surface area contributed by atoms with E-state index >= 15 is 0 Å². The van der Waals surface area contributed by atoms with Crippen LogP contribution in [0.1, 0.15) is 119 Å². The van der Waals surface area contributed by atoms with Crippen molar-refractivity contribution < 1.29 is 39.1 Å². The van der Waals surface area contributed by atoms with Gasteiger partial charge in [-0.3, -0.25) is 4.79 Å². The second-order valence-corrected chi connectivity index (χ2v) is 20.2. The van der Waals surface area contributed by atoms with E-state index in [2.05, 4.69) is 34.6 Å². The number of fused-ring (bicyclic) bond motifs is 4. The summed E-state index contributed by atoms with van der Waals surface area (Å²) in [7, 11) is 0. The number of rotatable bonds is 6. The van der Waals surface area contributed by atoms with Gasteiger partial charge >= 0.3 is 0 Å². The first kappa shape index (κ1) is 36.2. The van der Waals surface area contributed by atoms with Crippen LogP contribution in [0.5, 0.6) is 0 Å². The number of carbonyl (C=O) groups is 1. The maximum absolute atomic E-state index is 13.3. The number of morpholine rings is 1. The Balaban J connectivity index is 0.974. The van der Waals surface area contributed by atoms with Gasteiger partial charge in [0.1, 0.15) is 6.10 Å². The van der Waals surface area contributed by atoms with Crippen molar-refractivity contribution in [1.82, 2.24) is 4.90 Å². The van der Waals surface area contributed by atoms with Crippen LogP contribution in [-0.2, 0) is 23.7 Å². The number of ether oxygens (including phenoxy) is 4. The van der Waals surface area contributed by atoms with Crippen LogP contribution < -0.4 is 0 Å². The predicted octanol–water partition coefficient (Wildman–Crippen LogP) is 5.32. The maximum Gasteiger partial charge on any atom is 0.223 e. The molecule has 50 heavy (non-hydrogen) atoms. The number of hydrogen-bond acceptors (Lipinski definition) is 8. The zero-order chi connectivity index (χ0) is 35.6. The normalized spacial score (nSPS) is 50.7. The highest BCUT2D eigenvalue weighted by atomic mass is 16.7. The highest BCUT2D eigenvalue weighted by Gasteiger charge is 2.84. The molecule has 8 rings (SSSR count). The molecule has 284 valence electrons. The van der Waals surface area contributed by atoms with Gasteiger partial charge in [0.15, 0.2) is 6.29 Å². The summed E-state index contributed by atoms with van der Waals surface area (Å²) in [5.41, 5.74) is -1.08. The third-order valence-electron chi connectivity index (χ3n) is 17.3. The third kappa shape index (κ3) is 5.05. The van der Waals surface area contributed by atoms with Gasteiger partial charge in [-0.2, -0.15) is 0 Å². The average molecular weight is 702 g/mol. The first-order valence-corrected chi connectivity index (χ1v) is 20.4. The molecule has 3 aliphatic heterocycles. The molecule has 0 aromatic rings. The summed E-state index contributed by atoms with van der Waals surface area (Å²) < 4.78 is 25.3. The second kappa shape index (κ2) is 12.1. The summed E-state index contributed by atoms with van der Waals surface area (Å²) in [4.78, 5) is 15.2. The topological polar surface area (TPSA) is 118 Å². The number of nitrogens with zero attached hydrogens (tertiary/aromatic N) is 1. The number of carbonyl (C=O) groups excluding carboxylic acids is 1. The first-order valence-electron chi connectivity index (χ1n) is 20.4. The molecule has 14 atom stereocenters. The van der Waals surface area contributed by atoms with Crippen molar-refractivity contribution in [3.8, 4) is 0 Å². The van der Waals surface area contributed by atoms with Crippen molar-refractivity contribution in [1.29, 1.82) is 0 Å². The Bertz CT molecular complexity index is 1310. The molecule has 0 radical (unpaired) electrons. The molecule has 5 saturated carbocycles. The van der Waals surface area contributed by atoms with E-state index in [9.17, 15) is 20.1 Å². The van der Waals surface area contributed by atoms with Gasteiger partial charge in [0, 0.05) is 31.6 Å². The molecule has 0 bridgehead atoms. The standard InChI is InChI=1S/C41H67NO8/c1-24-20-26(34(44)37(4,5)46)49-33-32(24)38(6)14-15-41-23-40(41)13-10-29(36(2,3)27(40)8-9-28(41)39(38,7)35(33)45)50-31-22-42(16-19-48-31)30(43)21-25-11-17-47-18-12-25/h24-29,31-35,44-46H,8-23H2,1-7H3/t24-,26?,27+,28+,29+,31?,32?,33?,34+,35+,38-,39-,40-,41?/m1/s1. The molecule has 3 N–H and O–H groups in total. The molecule has 1 amide bonds. The Morgan fingerprint density at radius 1 is 0.980 bits per heavy atom. The molecule has 5 unspecified atom stereocenters. The van der Waals surface area contributed by atoms with Crippen molar-refractivity contribution in [2.24, 2.45) is 56.7 Å². The number of hydrogen-bond donors (Lipinski definition) is 3. The van der Waals surface area contributed by atoms with Gasteiger partial charge < -0.3 is 39.2 Å². The van der Waals surface area contributed by atoms with Crippen LogP contribution in [0, 0.1) is 56.7 Å². The molecular weight excluding hydrogens is 634 g/mol.